The van der Waals surface area contributed by atoms with Crippen LogP contribution in [0.1, 0.15) is 335 Å². The molecule has 0 radical (unpaired) electrons. The monoisotopic (exact) mass is 931 g/mol. The number of ether oxygens (including phenoxy) is 3. The molecule has 0 saturated carbocycles. The van der Waals surface area contributed by atoms with Crippen LogP contribution in [0.5, 0.6) is 0 Å². The number of carbonyl (C=O) groups excluding carboxylic acids is 3. The van der Waals surface area contributed by atoms with Crippen molar-refractivity contribution in [2.75, 3.05) is 13.2 Å². The first-order valence-electron chi connectivity index (χ1n) is 29.7. The van der Waals surface area contributed by atoms with E-state index in [-0.39, 0.29) is 31.1 Å². The Morgan fingerprint density at radius 3 is 0.803 bits per heavy atom. The summed E-state index contributed by atoms with van der Waals surface area (Å²) in [7, 11) is 0. The Labute approximate surface area is 411 Å². The zero-order chi connectivity index (χ0) is 47.9. The van der Waals surface area contributed by atoms with Gasteiger partial charge in [-0.05, 0) is 38.5 Å². The van der Waals surface area contributed by atoms with Gasteiger partial charge in [0.25, 0.3) is 0 Å². The van der Waals surface area contributed by atoms with Crippen LogP contribution in [-0.4, -0.2) is 37.2 Å². The molecule has 0 aliphatic carbocycles. The fourth-order valence-corrected chi connectivity index (χ4v) is 9.02. The fraction of sp³-hybridized carbons (Fsp3) is 0.917. The molecular weight excluding hydrogens is 817 g/mol. The van der Waals surface area contributed by atoms with E-state index < -0.39 is 6.10 Å². The van der Waals surface area contributed by atoms with E-state index in [2.05, 4.69) is 32.9 Å². The first kappa shape index (κ1) is 64.2. The van der Waals surface area contributed by atoms with E-state index in [4.69, 9.17) is 14.2 Å². The lowest BCUT2D eigenvalue weighted by Crippen LogP contribution is -2.30. The number of rotatable bonds is 55. The molecule has 0 heterocycles. The van der Waals surface area contributed by atoms with E-state index in [1.54, 1.807) is 0 Å². The van der Waals surface area contributed by atoms with Crippen molar-refractivity contribution in [3.63, 3.8) is 0 Å². The van der Waals surface area contributed by atoms with Crippen molar-refractivity contribution in [2.24, 2.45) is 0 Å². The second-order valence-corrected chi connectivity index (χ2v) is 20.3. The molecule has 6 heteroatoms. The molecule has 0 fully saturated rings. The van der Waals surface area contributed by atoms with Crippen LogP contribution in [0.4, 0.5) is 0 Å². The summed E-state index contributed by atoms with van der Waals surface area (Å²) in [6, 6.07) is 0. The first-order chi connectivity index (χ1) is 32.5. The largest absolute Gasteiger partial charge is 0.462 e. The molecule has 0 saturated heterocycles. The zero-order valence-corrected chi connectivity index (χ0v) is 44.7. The molecule has 0 amide bonds. The van der Waals surface area contributed by atoms with Crippen molar-refractivity contribution >= 4 is 17.9 Å². The van der Waals surface area contributed by atoms with E-state index >= 15 is 0 Å². The quantitative estimate of drug-likeness (QED) is 0.0262. The Balaban J connectivity index is 4.25. The van der Waals surface area contributed by atoms with Gasteiger partial charge in [0.1, 0.15) is 13.2 Å². The predicted octanol–water partition coefficient (Wildman–Crippen LogP) is 19.7. The summed E-state index contributed by atoms with van der Waals surface area (Å²) in [5.74, 6) is -0.851. The van der Waals surface area contributed by atoms with Crippen molar-refractivity contribution in [2.45, 2.75) is 341 Å². The van der Waals surface area contributed by atoms with Gasteiger partial charge >= 0.3 is 17.9 Å². The smallest absolute Gasteiger partial charge is 0.306 e. The lowest BCUT2D eigenvalue weighted by atomic mass is 10.0. The summed E-state index contributed by atoms with van der Waals surface area (Å²) in [5, 5.41) is 0. The third-order valence-electron chi connectivity index (χ3n) is 13.5. The van der Waals surface area contributed by atoms with Gasteiger partial charge in [0.2, 0.25) is 0 Å². The van der Waals surface area contributed by atoms with Crippen LogP contribution in [0.15, 0.2) is 12.2 Å². The van der Waals surface area contributed by atoms with Gasteiger partial charge in [-0.2, -0.15) is 0 Å². The molecule has 6 nitrogen and oxygen atoms in total. The second-order valence-electron chi connectivity index (χ2n) is 20.3. The fourth-order valence-electron chi connectivity index (χ4n) is 9.02. The summed E-state index contributed by atoms with van der Waals surface area (Å²) >= 11 is 0. The van der Waals surface area contributed by atoms with E-state index in [0.717, 1.165) is 64.2 Å². The van der Waals surface area contributed by atoms with Crippen LogP contribution >= 0.6 is 0 Å². The second kappa shape index (κ2) is 55.7. The molecule has 0 aromatic carbocycles. The van der Waals surface area contributed by atoms with E-state index in [1.165, 1.54) is 231 Å². The van der Waals surface area contributed by atoms with Crippen LogP contribution in [0.3, 0.4) is 0 Å². The minimum absolute atomic E-state index is 0.0665. The Morgan fingerprint density at radius 2 is 0.515 bits per heavy atom. The number of hydrogen-bond donors (Lipinski definition) is 0. The predicted molar refractivity (Wildman–Crippen MR) is 284 cm³/mol. The van der Waals surface area contributed by atoms with E-state index in [9.17, 15) is 14.4 Å². The van der Waals surface area contributed by atoms with Crippen LogP contribution in [0.2, 0.25) is 0 Å². The summed E-state index contributed by atoms with van der Waals surface area (Å²) in [6.07, 6.45) is 63.5. The van der Waals surface area contributed by atoms with Crippen LogP contribution in [0, 0.1) is 0 Å². The minimum Gasteiger partial charge on any atom is -0.462 e. The highest BCUT2D eigenvalue weighted by atomic mass is 16.6. The molecule has 0 rings (SSSR count). The lowest BCUT2D eigenvalue weighted by Gasteiger charge is -2.18. The van der Waals surface area contributed by atoms with Gasteiger partial charge in [-0.15, -0.1) is 0 Å². The topological polar surface area (TPSA) is 78.9 Å². The molecule has 1 atom stereocenters. The summed E-state index contributed by atoms with van der Waals surface area (Å²) in [4.78, 5) is 38.1. The first-order valence-corrected chi connectivity index (χ1v) is 29.7. The maximum Gasteiger partial charge on any atom is 0.306 e. The van der Waals surface area contributed by atoms with Crippen molar-refractivity contribution in [1.29, 1.82) is 0 Å². The van der Waals surface area contributed by atoms with Gasteiger partial charge in [0, 0.05) is 19.3 Å². The SMILES string of the molecule is CCCC/C=C\CCCCCCCC(=O)OC[C@H](COC(=O)CCCCCCCCCCCCCCCCCCCCC)OC(=O)CCCCCCCCCCCCCCCCCCCC. The maximum atomic E-state index is 12.9. The summed E-state index contributed by atoms with van der Waals surface area (Å²) in [6.45, 7) is 6.66. The lowest BCUT2D eigenvalue weighted by molar-refractivity contribution is -0.167. The Kier molecular flexibility index (Phi) is 54.2. The number of unbranched alkanes of at least 4 members (excludes halogenated alkanes) is 42. The average Bonchev–Trinajstić information content (AvgIpc) is 3.31. The van der Waals surface area contributed by atoms with Crippen LogP contribution in [0.25, 0.3) is 0 Å². The minimum atomic E-state index is -0.767. The molecular formula is C60H114O6. The van der Waals surface area contributed by atoms with Gasteiger partial charge < -0.3 is 14.2 Å². The van der Waals surface area contributed by atoms with Crippen LogP contribution < -0.4 is 0 Å². The highest BCUT2D eigenvalue weighted by Crippen LogP contribution is 2.18. The van der Waals surface area contributed by atoms with Gasteiger partial charge in [0.05, 0.1) is 0 Å². The molecule has 0 aromatic heterocycles. The molecule has 0 aromatic rings. The molecule has 0 unspecified atom stereocenters. The normalized spacial score (nSPS) is 12.0. The molecule has 0 N–H and O–H groups in total. The van der Waals surface area contributed by atoms with Gasteiger partial charge in [0.15, 0.2) is 6.10 Å². The highest BCUT2D eigenvalue weighted by molar-refractivity contribution is 5.71. The van der Waals surface area contributed by atoms with Gasteiger partial charge in [-0.25, -0.2) is 0 Å². The molecule has 0 spiro atoms. The van der Waals surface area contributed by atoms with E-state index in [0.29, 0.717) is 19.3 Å². The number of hydrogen-bond acceptors (Lipinski definition) is 6. The van der Waals surface area contributed by atoms with E-state index in [1.807, 2.05) is 0 Å². The highest BCUT2D eigenvalue weighted by Gasteiger charge is 2.19. The van der Waals surface area contributed by atoms with Crippen molar-refractivity contribution in [3.8, 4) is 0 Å². The maximum absolute atomic E-state index is 12.9. The standard InChI is InChI=1S/C60H114O6/c1-4-7-10-13-16-19-22-24-26-28-30-32-33-35-38-41-44-47-50-53-59(62)65-56-57(55-64-58(61)52-49-46-43-40-37-21-18-15-12-9-6-3)66-60(63)54-51-48-45-42-39-36-34-31-29-27-25-23-20-17-14-11-8-5-2/h15,18,57H,4-14,16-17,19-56H2,1-3H3/b18-15-/t57-/m1/s1. The Hall–Kier alpha value is -1.85. The van der Waals surface area contributed by atoms with Gasteiger partial charge in [-0.3, -0.25) is 14.4 Å². The van der Waals surface area contributed by atoms with Crippen molar-refractivity contribution in [3.05, 3.63) is 12.2 Å². The van der Waals surface area contributed by atoms with Crippen molar-refractivity contribution < 1.29 is 28.6 Å². The molecule has 0 aliphatic heterocycles. The summed E-state index contributed by atoms with van der Waals surface area (Å²) < 4.78 is 16.9. The molecule has 390 valence electrons. The molecule has 0 aliphatic rings. The number of allylic oxidation sites excluding steroid dienone is 2. The average molecular weight is 932 g/mol. The summed E-state index contributed by atoms with van der Waals surface area (Å²) in [5.41, 5.74) is 0. The Morgan fingerprint density at radius 1 is 0.288 bits per heavy atom. The molecule has 0 bridgehead atoms. The number of esters is 3. The van der Waals surface area contributed by atoms with Gasteiger partial charge in [-0.1, -0.05) is 290 Å². The van der Waals surface area contributed by atoms with Crippen LogP contribution in [-0.2, 0) is 28.6 Å². The zero-order valence-electron chi connectivity index (χ0n) is 44.7. The third-order valence-corrected chi connectivity index (χ3v) is 13.5. The van der Waals surface area contributed by atoms with Crippen molar-refractivity contribution in [1.82, 2.24) is 0 Å². The molecule has 66 heavy (non-hydrogen) atoms. The Bertz CT molecular complexity index is 1020. The number of carbonyl (C=O) groups is 3. The third kappa shape index (κ3) is 53.1.